The van der Waals surface area contributed by atoms with E-state index in [2.05, 4.69) is 15.5 Å². The second kappa shape index (κ2) is 8.55. The van der Waals surface area contributed by atoms with Crippen LogP contribution in [0.2, 0.25) is 0 Å². The van der Waals surface area contributed by atoms with Gasteiger partial charge in [0.05, 0.1) is 28.9 Å². The number of hydrogen-bond acceptors (Lipinski definition) is 6. The van der Waals surface area contributed by atoms with Gasteiger partial charge in [0.25, 0.3) is 11.6 Å². The van der Waals surface area contributed by atoms with Crippen LogP contribution in [-0.2, 0) is 16.1 Å². The molecule has 2 aromatic carbocycles. The number of aromatic nitrogens is 2. The first-order valence-electron chi connectivity index (χ1n) is 11.0. The van der Waals surface area contributed by atoms with Crippen molar-refractivity contribution in [2.45, 2.75) is 33.2 Å². The van der Waals surface area contributed by atoms with Crippen LogP contribution in [-0.4, -0.2) is 32.8 Å². The van der Waals surface area contributed by atoms with Gasteiger partial charge in [0.1, 0.15) is 0 Å². The van der Waals surface area contributed by atoms with E-state index in [1.165, 1.54) is 4.90 Å². The average molecular weight is 454 g/mol. The molecule has 0 saturated carbocycles. The van der Waals surface area contributed by atoms with E-state index < -0.39 is 0 Å². The summed E-state index contributed by atoms with van der Waals surface area (Å²) in [6.45, 7) is 4.01. The quantitative estimate of drug-likeness (QED) is 0.448. The molecule has 1 aliphatic heterocycles. The summed E-state index contributed by atoms with van der Waals surface area (Å²) in [7, 11) is 0. The Hall–Kier alpha value is -4.33. The van der Waals surface area contributed by atoms with E-state index in [1.807, 2.05) is 31.2 Å². The standard InChI is InChI=1S/C26H22N4O4/c1-15-3-7-18(8-4-15)21-13-20(24-16(2)29-34-26(24)28-21)25(33)27-19-9-5-17(6-10-19)14-30-22(31)11-12-23(30)32/h3-10,13H,11-12,14H2,1-2H3,(H,27,33). The molecule has 34 heavy (non-hydrogen) atoms. The topological polar surface area (TPSA) is 105 Å². The molecule has 0 atom stereocenters. The first-order valence-corrected chi connectivity index (χ1v) is 11.0. The molecular weight excluding hydrogens is 432 g/mol. The van der Waals surface area contributed by atoms with Crippen LogP contribution in [0.25, 0.3) is 22.4 Å². The van der Waals surface area contributed by atoms with Crippen LogP contribution in [0, 0.1) is 13.8 Å². The number of carbonyl (C=O) groups is 3. The Labute approximate surface area is 195 Å². The zero-order valence-corrected chi connectivity index (χ0v) is 18.8. The third-order valence-electron chi connectivity index (χ3n) is 5.92. The number of rotatable bonds is 5. The molecule has 1 saturated heterocycles. The summed E-state index contributed by atoms with van der Waals surface area (Å²) in [6, 6.07) is 16.7. The highest BCUT2D eigenvalue weighted by Crippen LogP contribution is 2.28. The van der Waals surface area contributed by atoms with Crippen molar-refractivity contribution in [3.63, 3.8) is 0 Å². The molecule has 8 heteroatoms. The molecule has 3 heterocycles. The van der Waals surface area contributed by atoms with Crippen LogP contribution in [0.3, 0.4) is 0 Å². The van der Waals surface area contributed by atoms with E-state index in [0.717, 1.165) is 16.7 Å². The summed E-state index contributed by atoms with van der Waals surface area (Å²) < 4.78 is 5.37. The minimum absolute atomic E-state index is 0.155. The number of anilines is 1. The Balaban J connectivity index is 1.41. The van der Waals surface area contributed by atoms with Gasteiger partial charge in [-0.15, -0.1) is 0 Å². The molecule has 3 amide bonds. The molecule has 8 nitrogen and oxygen atoms in total. The third-order valence-corrected chi connectivity index (χ3v) is 5.92. The Morgan fingerprint density at radius 2 is 1.68 bits per heavy atom. The lowest BCUT2D eigenvalue weighted by molar-refractivity contribution is -0.139. The summed E-state index contributed by atoms with van der Waals surface area (Å²) in [4.78, 5) is 42.8. The smallest absolute Gasteiger partial charge is 0.259 e. The van der Waals surface area contributed by atoms with Crippen LogP contribution in [0.15, 0.2) is 59.1 Å². The molecule has 0 aliphatic carbocycles. The molecule has 1 aliphatic rings. The number of nitrogens with one attached hydrogen (secondary N) is 1. The molecular formula is C26H22N4O4. The average Bonchev–Trinajstić information content (AvgIpc) is 3.37. The summed E-state index contributed by atoms with van der Waals surface area (Å²) in [5.74, 6) is -0.625. The van der Waals surface area contributed by atoms with Crippen LogP contribution >= 0.6 is 0 Å². The Kier molecular flexibility index (Phi) is 5.41. The molecule has 1 N–H and O–H groups in total. The molecule has 0 radical (unpaired) electrons. The lowest BCUT2D eigenvalue weighted by Crippen LogP contribution is -2.28. The fourth-order valence-corrected chi connectivity index (χ4v) is 4.02. The van der Waals surface area contributed by atoms with Crippen molar-refractivity contribution in [1.82, 2.24) is 15.0 Å². The normalized spacial score (nSPS) is 13.6. The molecule has 0 bridgehead atoms. The van der Waals surface area contributed by atoms with Crippen molar-refractivity contribution in [3.05, 3.63) is 77.0 Å². The summed E-state index contributed by atoms with van der Waals surface area (Å²) in [5.41, 5.74) is 5.30. The highest BCUT2D eigenvalue weighted by molar-refractivity contribution is 6.13. The number of aryl methyl sites for hydroxylation is 2. The van der Waals surface area contributed by atoms with E-state index in [9.17, 15) is 14.4 Å². The van der Waals surface area contributed by atoms with Crippen LogP contribution in [0.4, 0.5) is 5.69 Å². The van der Waals surface area contributed by atoms with Gasteiger partial charge in [-0.3, -0.25) is 19.3 Å². The minimum Gasteiger partial charge on any atom is -0.335 e. The number of pyridine rings is 1. The summed E-state index contributed by atoms with van der Waals surface area (Å²) in [6.07, 6.45) is 0.528. The second-order valence-electron chi connectivity index (χ2n) is 8.39. The predicted molar refractivity (Wildman–Crippen MR) is 126 cm³/mol. The van der Waals surface area contributed by atoms with Crippen molar-refractivity contribution >= 4 is 34.5 Å². The number of carbonyl (C=O) groups excluding carboxylic acids is 3. The van der Waals surface area contributed by atoms with E-state index in [0.29, 0.717) is 33.7 Å². The molecule has 1 fully saturated rings. The van der Waals surface area contributed by atoms with Crippen LogP contribution in [0.1, 0.15) is 40.0 Å². The number of benzene rings is 2. The fourth-order valence-electron chi connectivity index (χ4n) is 4.02. The van der Waals surface area contributed by atoms with Gasteiger partial charge in [-0.2, -0.15) is 0 Å². The van der Waals surface area contributed by atoms with Gasteiger partial charge < -0.3 is 9.84 Å². The van der Waals surface area contributed by atoms with E-state index in [4.69, 9.17) is 4.52 Å². The number of likely N-dealkylation sites (tertiary alicyclic amines) is 1. The minimum atomic E-state index is -0.315. The van der Waals surface area contributed by atoms with Crippen molar-refractivity contribution < 1.29 is 18.9 Å². The number of amides is 3. The van der Waals surface area contributed by atoms with Crippen molar-refractivity contribution in [2.24, 2.45) is 0 Å². The third kappa shape index (κ3) is 4.05. The Morgan fingerprint density at radius 3 is 2.35 bits per heavy atom. The maximum absolute atomic E-state index is 13.3. The monoisotopic (exact) mass is 454 g/mol. The molecule has 170 valence electrons. The fraction of sp³-hybridized carbons (Fsp3) is 0.192. The summed E-state index contributed by atoms with van der Waals surface area (Å²) in [5, 5.41) is 7.47. The van der Waals surface area contributed by atoms with E-state index in [1.54, 1.807) is 37.3 Å². The maximum atomic E-state index is 13.3. The van der Waals surface area contributed by atoms with Gasteiger partial charge in [0.2, 0.25) is 11.8 Å². The van der Waals surface area contributed by atoms with Gasteiger partial charge in [0.15, 0.2) is 0 Å². The number of imide groups is 1. The zero-order valence-electron chi connectivity index (χ0n) is 18.8. The van der Waals surface area contributed by atoms with Gasteiger partial charge in [-0.25, -0.2) is 4.98 Å². The zero-order chi connectivity index (χ0) is 23.8. The van der Waals surface area contributed by atoms with E-state index in [-0.39, 0.29) is 37.1 Å². The van der Waals surface area contributed by atoms with Crippen molar-refractivity contribution in [2.75, 3.05) is 5.32 Å². The molecule has 0 unspecified atom stereocenters. The van der Waals surface area contributed by atoms with Crippen molar-refractivity contribution in [3.8, 4) is 11.3 Å². The Morgan fingerprint density at radius 1 is 1.00 bits per heavy atom. The first-order chi connectivity index (χ1) is 16.4. The largest absolute Gasteiger partial charge is 0.335 e. The second-order valence-corrected chi connectivity index (χ2v) is 8.39. The first kappa shape index (κ1) is 21.5. The number of hydrogen-bond donors (Lipinski definition) is 1. The Bertz CT molecular complexity index is 1410. The maximum Gasteiger partial charge on any atom is 0.259 e. The molecule has 5 rings (SSSR count). The number of nitrogens with zero attached hydrogens (tertiary/aromatic N) is 3. The SMILES string of the molecule is Cc1ccc(-c2cc(C(=O)Nc3ccc(CN4C(=O)CCC4=O)cc3)c3c(C)noc3n2)cc1. The highest BCUT2D eigenvalue weighted by Gasteiger charge is 2.28. The van der Waals surface area contributed by atoms with Crippen LogP contribution < -0.4 is 5.32 Å². The van der Waals surface area contributed by atoms with E-state index >= 15 is 0 Å². The van der Waals surface area contributed by atoms with Gasteiger partial charge >= 0.3 is 0 Å². The molecule has 0 spiro atoms. The lowest BCUT2D eigenvalue weighted by atomic mass is 10.0. The number of fused-ring (bicyclic) bond motifs is 1. The van der Waals surface area contributed by atoms with Gasteiger partial charge in [-0.1, -0.05) is 47.1 Å². The lowest BCUT2D eigenvalue weighted by Gasteiger charge is -2.14. The highest BCUT2D eigenvalue weighted by atomic mass is 16.5. The molecule has 4 aromatic rings. The molecule has 2 aromatic heterocycles. The van der Waals surface area contributed by atoms with Crippen molar-refractivity contribution in [1.29, 1.82) is 0 Å². The predicted octanol–water partition coefficient (Wildman–Crippen LogP) is 4.41. The van der Waals surface area contributed by atoms with Crippen LogP contribution in [0.5, 0.6) is 0 Å². The van der Waals surface area contributed by atoms with Gasteiger partial charge in [0, 0.05) is 24.1 Å². The summed E-state index contributed by atoms with van der Waals surface area (Å²) >= 11 is 0. The van der Waals surface area contributed by atoms with Gasteiger partial charge in [-0.05, 0) is 37.6 Å².